The standard InChI is InChI=1S/C22H24B.C12H18NO/c1-2-3-19-23(20-13-7-4-8-14-20,21-15-9-5-10-16-21)22-17-11-6-12-18-22;1-10(14)12-7-5-11(6-8-12)9-13(2,3)4/h4-18H,2-3,19H2,1H3;5-8H,9H2,1-4H3/q-1;+1. The van der Waals surface area contributed by atoms with Gasteiger partial charge in [0.05, 0.1) is 27.3 Å². The summed E-state index contributed by atoms with van der Waals surface area (Å²) in [6.45, 7) is 4.86. The predicted octanol–water partition coefficient (Wildman–Crippen LogP) is 6.05. The second-order valence-corrected chi connectivity index (χ2v) is 11.1. The van der Waals surface area contributed by atoms with Gasteiger partial charge in [0.15, 0.2) is 5.78 Å². The zero-order chi connectivity index (χ0) is 26.7. The number of hydrogen-bond donors (Lipinski definition) is 0. The normalized spacial score (nSPS) is 11.4. The molecule has 0 heterocycles. The Hall–Kier alpha value is -3.43. The van der Waals surface area contributed by atoms with Gasteiger partial charge in [-0.2, -0.15) is 22.7 Å². The molecule has 0 unspecified atom stereocenters. The maximum Gasteiger partial charge on any atom is 0.159 e. The van der Waals surface area contributed by atoms with Crippen LogP contribution in [0.4, 0.5) is 0 Å². The number of carbonyl (C=O) groups is 1. The van der Waals surface area contributed by atoms with Crippen LogP contribution in [0.5, 0.6) is 0 Å². The molecule has 2 nitrogen and oxygen atoms in total. The molecule has 0 amide bonds. The molecular weight excluding hydrogens is 449 g/mol. The first-order valence-electron chi connectivity index (χ1n) is 13.5. The van der Waals surface area contributed by atoms with Gasteiger partial charge >= 0.3 is 0 Å². The highest BCUT2D eigenvalue weighted by Crippen LogP contribution is 2.16. The summed E-state index contributed by atoms with van der Waals surface area (Å²) in [7, 11) is 6.46. The van der Waals surface area contributed by atoms with Gasteiger partial charge in [0.1, 0.15) is 6.54 Å². The Morgan fingerprint density at radius 3 is 1.38 bits per heavy atom. The van der Waals surface area contributed by atoms with Crippen LogP contribution >= 0.6 is 0 Å². The van der Waals surface area contributed by atoms with E-state index in [4.69, 9.17) is 0 Å². The molecule has 0 radical (unpaired) electrons. The van der Waals surface area contributed by atoms with Crippen molar-refractivity contribution in [3.05, 3.63) is 126 Å². The van der Waals surface area contributed by atoms with E-state index in [1.165, 1.54) is 41.1 Å². The van der Waals surface area contributed by atoms with Crippen molar-refractivity contribution in [2.75, 3.05) is 21.1 Å². The second kappa shape index (κ2) is 13.2. The Bertz CT molecular complexity index is 1120. The molecular formula is C34H42BNO. The van der Waals surface area contributed by atoms with Gasteiger partial charge in [0, 0.05) is 11.1 Å². The third-order valence-corrected chi connectivity index (χ3v) is 7.11. The molecule has 37 heavy (non-hydrogen) atoms. The molecule has 0 aromatic heterocycles. The first kappa shape index (κ1) is 28.2. The van der Waals surface area contributed by atoms with E-state index in [0.717, 1.165) is 16.6 Å². The quantitative estimate of drug-likeness (QED) is 0.158. The maximum atomic E-state index is 11.0. The summed E-state index contributed by atoms with van der Waals surface area (Å²) in [4.78, 5) is 11.0. The average molecular weight is 492 g/mol. The van der Waals surface area contributed by atoms with Gasteiger partial charge in [-0.3, -0.25) is 4.79 Å². The van der Waals surface area contributed by atoms with Crippen molar-refractivity contribution in [3.8, 4) is 0 Å². The molecule has 0 N–H and O–H groups in total. The number of benzene rings is 4. The Morgan fingerprint density at radius 2 is 1.05 bits per heavy atom. The SMILES string of the molecule is CC(=O)c1ccc(C[N+](C)(C)C)cc1.CCCC[B-](c1ccccc1)(c1ccccc1)c1ccccc1. The third kappa shape index (κ3) is 7.78. The van der Waals surface area contributed by atoms with Gasteiger partial charge in [0.25, 0.3) is 0 Å². The molecule has 0 saturated carbocycles. The van der Waals surface area contributed by atoms with Crippen LogP contribution in [0.2, 0.25) is 6.32 Å². The summed E-state index contributed by atoms with van der Waals surface area (Å²) in [5.41, 5.74) is 6.38. The molecule has 3 heteroatoms. The van der Waals surface area contributed by atoms with Crippen LogP contribution in [0, 0.1) is 0 Å². The molecule has 0 spiro atoms. The van der Waals surface area contributed by atoms with Crippen molar-refractivity contribution < 1.29 is 9.28 Å². The number of unbranched alkanes of at least 4 members (excludes halogenated alkanes) is 1. The Morgan fingerprint density at radius 1 is 0.649 bits per heavy atom. The van der Waals surface area contributed by atoms with Crippen molar-refractivity contribution in [2.45, 2.75) is 39.6 Å². The van der Waals surface area contributed by atoms with E-state index in [0.29, 0.717) is 0 Å². The van der Waals surface area contributed by atoms with Gasteiger partial charge in [-0.15, -0.1) is 0 Å². The summed E-state index contributed by atoms with van der Waals surface area (Å²) in [6.07, 6.45) is 2.73. The molecule has 0 aliphatic carbocycles. The van der Waals surface area contributed by atoms with Crippen LogP contribution in [-0.2, 0) is 6.54 Å². The maximum absolute atomic E-state index is 11.0. The minimum atomic E-state index is -0.913. The van der Waals surface area contributed by atoms with Crippen LogP contribution in [0.1, 0.15) is 42.6 Å². The lowest BCUT2D eigenvalue weighted by Gasteiger charge is -2.43. The van der Waals surface area contributed by atoms with E-state index in [1.807, 2.05) is 24.3 Å². The minimum Gasteiger partial charge on any atom is -0.327 e. The number of nitrogens with zero attached hydrogens (tertiary/aromatic N) is 1. The highest BCUT2D eigenvalue weighted by molar-refractivity contribution is 7.11. The van der Waals surface area contributed by atoms with E-state index in [2.05, 4.69) is 119 Å². The van der Waals surface area contributed by atoms with Crippen molar-refractivity contribution in [1.29, 1.82) is 0 Å². The van der Waals surface area contributed by atoms with Gasteiger partial charge < -0.3 is 4.48 Å². The smallest absolute Gasteiger partial charge is 0.159 e. The minimum absolute atomic E-state index is 0.127. The fourth-order valence-electron chi connectivity index (χ4n) is 5.32. The summed E-state index contributed by atoms with van der Waals surface area (Å²) in [5, 5.41) is 0. The fourth-order valence-corrected chi connectivity index (χ4v) is 5.32. The first-order valence-corrected chi connectivity index (χ1v) is 13.5. The number of quaternary nitrogens is 1. The molecule has 0 fully saturated rings. The second-order valence-electron chi connectivity index (χ2n) is 11.1. The van der Waals surface area contributed by atoms with E-state index in [9.17, 15) is 4.79 Å². The van der Waals surface area contributed by atoms with E-state index in [-0.39, 0.29) is 5.78 Å². The Kier molecular flexibility index (Phi) is 10.1. The molecule has 4 aromatic rings. The van der Waals surface area contributed by atoms with Gasteiger partial charge in [0.2, 0.25) is 0 Å². The summed E-state index contributed by atoms with van der Waals surface area (Å²) in [6, 6.07) is 41.0. The van der Waals surface area contributed by atoms with E-state index in [1.54, 1.807) is 6.92 Å². The fraction of sp³-hybridized carbons (Fsp3) is 0.265. The summed E-state index contributed by atoms with van der Waals surface area (Å²) >= 11 is 0. The number of hydrogen-bond acceptors (Lipinski definition) is 1. The first-order chi connectivity index (χ1) is 17.8. The highest BCUT2D eigenvalue weighted by atomic mass is 16.1. The summed E-state index contributed by atoms with van der Waals surface area (Å²) < 4.78 is 0.902. The van der Waals surface area contributed by atoms with Crippen LogP contribution in [0.25, 0.3) is 0 Å². The molecule has 4 rings (SSSR count). The Balaban J connectivity index is 0.000000233. The van der Waals surface area contributed by atoms with Crippen molar-refractivity contribution >= 4 is 28.3 Å². The molecule has 4 aromatic carbocycles. The monoisotopic (exact) mass is 491 g/mol. The zero-order valence-corrected chi connectivity index (χ0v) is 23.2. The van der Waals surface area contributed by atoms with E-state index < -0.39 is 6.15 Å². The molecule has 192 valence electrons. The van der Waals surface area contributed by atoms with Crippen LogP contribution < -0.4 is 16.4 Å². The van der Waals surface area contributed by atoms with Crippen molar-refractivity contribution in [1.82, 2.24) is 0 Å². The number of carbonyl (C=O) groups excluding carboxylic acids is 1. The van der Waals surface area contributed by atoms with Crippen LogP contribution in [0.3, 0.4) is 0 Å². The largest absolute Gasteiger partial charge is 0.327 e. The van der Waals surface area contributed by atoms with Gasteiger partial charge in [-0.25, -0.2) is 0 Å². The lowest BCUT2D eigenvalue weighted by molar-refractivity contribution is -0.884. The van der Waals surface area contributed by atoms with E-state index >= 15 is 0 Å². The number of rotatable bonds is 9. The number of ketones is 1. The van der Waals surface area contributed by atoms with Gasteiger partial charge in [-0.05, 0) is 6.92 Å². The lowest BCUT2D eigenvalue weighted by atomic mass is 9.14. The predicted molar refractivity (Wildman–Crippen MR) is 162 cm³/mol. The molecule has 0 aliphatic heterocycles. The molecule has 0 atom stereocenters. The topological polar surface area (TPSA) is 17.1 Å². The molecule has 0 bridgehead atoms. The van der Waals surface area contributed by atoms with Crippen LogP contribution in [-0.4, -0.2) is 37.6 Å². The molecule has 0 aliphatic rings. The lowest BCUT2D eigenvalue weighted by Crippen LogP contribution is -2.66. The van der Waals surface area contributed by atoms with Crippen molar-refractivity contribution in [2.24, 2.45) is 0 Å². The number of Topliss-reactive ketones (excluding diaryl/α,β-unsaturated/α-hetero) is 1. The summed E-state index contributed by atoms with van der Waals surface area (Å²) in [5.74, 6) is 0.127. The van der Waals surface area contributed by atoms with Crippen molar-refractivity contribution in [3.63, 3.8) is 0 Å². The van der Waals surface area contributed by atoms with Gasteiger partial charge in [-0.1, -0.05) is 135 Å². The van der Waals surface area contributed by atoms with Crippen LogP contribution in [0.15, 0.2) is 115 Å². The zero-order valence-electron chi connectivity index (χ0n) is 23.2. The Labute approximate surface area is 224 Å². The highest BCUT2D eigenvalue weighted by Gasteiger charge is 2.28. The average Bonchev–Trinajstić information content (AvgIpc) is 2.91. The molecule has 0 saturated heterocycles. The third-order valence-electron chi connectivity index (χ3n) is 7.11.